The fraction of sp³-hybridized carbons (Fsp3) is 0.952. The van der Waals surface area contributed by atoms with E-state index in [1.165, 1.54) is 38.5 Å². The molecule has 4 aliphatic rings. The first kappa shape index (κ1) is 16.1. The summed E-state index contributed by atoms with van der Waals surface area (Å²) in [4.78, 5) is 12.2. The molecule has 2 heteroatoms. The van der Waals surface area contributed by atoms with Gasteiger partial charge in [0.05, 0.1) is 6.10 Å². The average molecular weight is 319 g/mol. The zero-order valence-electron chi connectivity index (χ0n) is 15.2. The van der Waals surface area contributed by atoms with Crippen LogP contribution in [0.25, 0.3) is 0 Å². The maximum absolute atomic E-state index is 12.2. The predicted octanol–water partition coefficient (Wildman–Crippen LogP) is 4.60. The van der Waals surface area contributed by atoms with E-state index < -0.39 is 0 Å². The first-order chi connectivity index (χ1) is 10.9. The second-order valence-corrected chi connectivity index (χ2v) is 9.87. The fourth-order valence-corrected chi connectivity index (χ4v) is 7.90. The van der Waals surface area contributed by atoms with Crippen molar-refractivity contribution in [1.29, 1.82) is 0 Å². The highest BCUT2D eigenvalue weighted by Gasteiger charge is 2.60. The molecule has 1 N–H and O–H groups in total. The third-order valence-electron chi connectivity index (χ3n) is 9.13. The van der Waals surface area contributed by atoms with E-state index in [9.17, 15) is 9.90 Å². The van der Waals surface area contributed by atoms with Gasteiger partial charge in [-0.15, -0.1) is 0 Å². The van der Waals surface area contributed by atoms with Gasteiger partial charge in [0.1, 0.15) is 5.78 Å². The summed E-state index contributed by atoms with van der Waals surface area (Å²) >= 11 is 0. The fourth-order valence-electron chi connectivity index (χ4n) is 7.90. The molecule has 0 spiro atoms. The molecule has 0 unspecified atom stereocenters. The van der Waals surface area contributed by atoms with Gasteiger partial charge in [0.2, 0.25) is 0 Å². The normalized spacial score (nSPS) is 55.7. The average Bonchev–Trinajstić information content (AvgIpc) is 2.85. The summed E-state index contributed by atoms with van der Waals surface area (Å²) in [5, 5.41) is 10.1. The predicted molar refractivity (Wildman–Crippen MR) is 91.9 cm³/mol. The minimum atomic E-state index is -0.0490. The van der Waals surface area contributed by atoms with Crippen molar-refractivity contribution in [2.45, 2.75) is 84.7 Å². The standard InChI is InChI=1S/C21H34O2/c1-13(22)17-6-7-18-16-5-4-14-12-15(23)8-10-20(14,2)19(16)9-11-21(17,18)3/h14-19,23H,4-12H2,1-3H3/t14-,15-,16+,17-,18-,19-,20+,21-/m1/s1. The Morgan fingerprint density at radius 1 is 0.913 bits per heavy atom. The number of carbonyl (C=O) groups excluding carboxylic acids is 1. The highest BCUT2D eigenvalue weighted by Crippen LogP contribution is 2.67. The van der Waals surface area contributed by atoms with Crippen LogP contribution in [0.5, 0.6) is 0 Å². The molecule has 4 fully saturated rings. The Kier molecular flexibility index (Phi) is 3.72. The summed E-state index contributed by atoms with van der Waals surface area (Å²) in [6.07, 6.45) is 10.9. The van der Waals surface area contributed by atoms with Crippen LogP contribution < -0.4 is 0 Å². The smallest absolute Gasteiger partial charge is 0.133 e. The van der Waals surface area contributed by atoms with Crippen LogP contribution in [0.1, 0.15) is 78.6 Å². The Balaban J connectivity index is 1.61. The van der Waals surface area contributed by atoms with Gasteiger partial charge in [-0.1, -0.05) is 13.8 Å². The van der Waals surface area contributed by atoms with E-state index in [4.69, 9.17) is 0 Å². The number of aliphatic hydroxyl groups is 1. The van der Waals surface area contributed by atoms with Crippen molar-refractivity contribution in [2.75, 3.05) is 0 Å². The molecule has 0 aromatic carbocycles. The van der Waals surface area contributed by atoms with Gasteiger partial charge < -0.3 is 5.11 Å². The van der Waals surface area contributed by atoms with E-state index in [2.05, 4.69) is 13.8 Å². The lowest BCUT2D eigenvalue weighted by Crippen LogP contribution is -2.54. The Morgan fingerprint density at radius 2 is 1.61 bits per heavy atom. The number of hydrogen-bond acceptors (Lipinski definition) is 2. The molecular formula is C21H34O2. The van der Waals surface area contributed by atoms with Gasteiger partial charge in [0.15, 0.2) is 0 Å². The van der Waals surface area contributed by atoms with E-state index >= 15 is 0 Å². The molecule has 0 heterocycles. The second-order valence-electron chi connectivity index (χ2n) is 9.87. The number of rotatable bonds is 1. The molecule has 0 amide bonds. The highest BCUT2D eigenvalue weighted by molar-refractivity contribution is 5.79. The number of aliphatic hydroxyl groups excluding tert-OH is 1. The maximum atomic E-state index is 12.2. The summed E-state index contributed by atoms with van der Waals surface area (Å²) in [6, 6.07) is 0. The molecule has 8 atom stereocenters. The van der Waals surface area contributed by atoms with Gasteiger partial charge in [-0.2, -0.15) is 0 Å². The summed E-state index contributed by atoms with van der Waals surface area (Å²) in [6.45, 7) is 6.80. The van der Waals surface area contributed by atoms with Crippen molar-refractivity contribution >= 4 is 5.78 Å². The number of carbonyl (C=O) groups is 1. The van der Waals surface area contributed by atoms with Crippen molar-refractivity contribution < 1.29 is 9.90 Å². The summed E-state index contributed by atoms with van der Waals surface area (Å²) < 4.78 is 0. The van der Waals surface area contributed by atoms with E-state index in [1.54, 1.807) is 0 Å². The lowest BCUT2D eigenvalue weighted by molar-refractivity contribution is -0.138. The van der Waals surface area contributed by atoms with Crippen LogP contribution in [-0.2, 0) is 4.79 Å². The first-order valence-corrected chi connectivity index (χ1v) is 10.0. The van der Waals surface area contributed by atoms with Crippen molar-refractivity contribution in [3.8, 4) is 0 Å². The Labute approximate surface area is 141 Å². The van der Waals surface area contributed by atoms with Gasteiger partial charge in [0, 0.05) is 5.92 Å². The minimum absolute atomic E-state index is 0.0490. The number of hydrogen-bond donors (Lipinski definition) is 1. The van der Waals surface area contributed by atoms with E-state index in [1.807, 2.05) is 6.92 Å². The van der Waals surface area contributed by atoms with Crippen molar-refractivity contribution in [2.24, 2.45) is 40.4 Å². The molecule has 4 saturated carbocycles. The van der Waals surface area contributed by atoms with Crippen molar-refractivity contribution in [1.82, 2.24) is 0 Å². The topological polar surface area (TPSA) is 37.3 Å². The molecule has 0 aromatic rings. The van der Waals surface area contributed by atoms with Crippen LogP contribution in [0.15, 0.2) is 0 Å². The third kappa shape index (κ3) is 2.19. The Bertz CT molecular complexity index is 500. The summed E-state index contributed by atoms with van der Waals surface area (Å²) in [5.74, 6) is 3.97. The Morgan fingerprint density at radius 3 is 2.35 bits per heavy atom. The highest BCUT2D eigenvalue weighted by atomic mass is 16.3. The van der Waals surface area contributed by atoms with Gasteiger partial charge in [-0.05, 0) is 99.2 Å². The number of ketones is 1. The zero-order valence-corrected chi connectivity index (χ0v) is 15.2. The molecule has 0 aliphatic heterocycles. The number of fused-ring (bicyclic) bond motifs is 5. The first-order valence-electron chi connectivity index (χ1n) is 10.0. The van der Waals surface area contributed by atoms with E-state index in [0.29, 0.717) is 17.1 Å². The SMILES string of the molecule is CC(=O)[C@H]1CC[C@@H]2[C@@H]3CC[C@@H]4C[C@H](O)CC[C@]4(C)[C@@H]3CC[C@]12C. The largest absolute Gasteiger partial charge is 0.393 e. The molecule has 23 heavy (non-hydrogen) atoms. The molecule has 0 radical (unpaired) electrons. The van der Waals surface area contributed by atoms with Crippen LogP contribution in [0.2, 0.25) is 0 Å². The maximum Gasteiger partial charge on any atom is 0.133 e. The van der Waals surface area contributed by atoms with Crippen LogP contribution in [0.3, 0.4) is 0 Å². The van der Waals surface area contributed by atoms with Gasteiger partial charge in [-0.25, -0.2) is 0 Å². The molecule has 0 aromatic heterocycles. The molecule has 0 bridgehead atoms. The Hall–Kier alpha value is -0.370. The van der Waals surface area contributed by atoms with Crippen molar-refractivity contribution in [3.63, 3.8) is 0 Å². The van der Waals surface area contributed by atoms with Crippen LogP contribution in [0, 0.1) is 40.4 Å². The molecule has 4 rings (SSSR count). The zero-order chi connectivity index (χ0) is 16.4. The monoisotopic (exact) mass is 318 g/mol. The van der Waals surface area contributed by atoms with Crippen LogP contribution >= 0.6 is 0 Å². The third-order valence-corrected chi connectivity index (χ3v) is 9.13. The molecule has 0 saturated heterocycles. The van der Waals surface area contributed by atoms with Crippen molar-refractivity contribution in [3.05, 3.63) is 0 Å². The van der Waals surface area contributed by atoms with E-state index in [-0.39, 0.29) is 11.5 Å². The molecule has 130 valence electrons. The van der Waals surface area contributed by atoms with Crippen LogP contribution in [-0.4, -0.2) is 17.0 Å². The van der Waals surface area contributed by atoms with Gasteiger partial charge in [-0.3, -0.25) is 4.79 Å². The second kappa shape index (κ2) is 5.31. The molecule has 4 aliphatic carbocycles. The summed E-state index contributed by atoms with van der Waals surface area (Å²) in [7, 11) is 0. The molecule has 2 nitrogen and oxygen atoms in total. The summed E-state index contributed by atoms with van der Waals surface area (Å²) in [5.41, 5.74) is 0.738. The van der Waals surface area contributed by atoms with Crippen LogP contribution in [0.4, 0.5) is 0 Å². The minimum Gasteiger partial charge on any atom is -0.393 e. The molecular weight excluding hydrogens is 284 g/mol. The number of Topliss-reactive ketones (excluding diaryl/α,β-unsaturated/α-hetero) is 1. The van der Waals surface area contributed by atoms with Gasteiger partial charge in [0.25, 0.3) is 0 Å². The van der Waals surface area contributed by atoms with E-state index in [0.717, 1.165) is 42.9 Å². The lowest BCUT2D eigenvalue weighted by atomic mass is 9.44. The van der Waals surface area contributed by atoms with Gasteiger partial charge >= 0.3 is 0 Å². The quantitative estimate of drug-likeness (QED) is 0.767. The lowest BCUT2D eigenvalue weighted by Gasteiger charge is -2.60.